The van der Waals surface area contributed by atoms with E-state index in [1.807, 2.05) is 109 Å². The molecule has 0 bridgehead atoms. The average Bonchev–Trinajstić information content (AvgIpc) is 3.53. The van der Waals surface area contributed by atoms with Gasteiger partial charge in [-0.05, 0) is 48.5 Å². The number of aromatic nitrogens is 3. The number of fused-ring (bicyclic) bond motifs is 1. The van der Waals surface area contributed by atoms with Gasteiger partial charge in [0.25, 0.3) is 0 Å². The molecule has 1 aliphatic rings. The Balaban J connectivity index is 1.21. The molecule has 4 aromatic carbocycles. The Morgan fingerprint density at radius 2 is 1.39 bits per heavy atom. The van der Waals surface area contributed by atoms with Gasteiger partial charge >= 0.3 is 7.12 Å². The monoisotopic (exact) mass is 431 g/mol. The Morgan fingerprint density at radius 3 is 2.18 bits per heavy atom. The summed E-state index contributed by atoms with van der Waals surface area (Å²) < 4.78 is 19.7. The van der Waals surface area contributed by atoms with Crippen molar-refractivity contribution in [3.8, 4) is 39.9 Å². The van der Waals surface area contributed by atoms with E-state index < -0.39 is 7.12 Å². The fourth-order valence-corrected chi connectivity index (χ4v) is 3.72. The van der Waals surface area contributed by atoms with Crippen LogP contribution in [0.15, 0.2) is 109 Å². The lowest BCUT2D eigenvalue weighted by atomic mass is 9.79. The zero-order valence-electron chi connectivity index (χ0n) is 17.5. The molecule has 0 fully saturated rings. The van der Waals surface area contributed by atoms with E-state index in [4.69, 9.17) is 14.0 Å². The van der Waals surface area contributed by atoms with E-state index in [-0.39, 0.29) is 0 Å². The van der Waals surface area contributed by atoms with Crippen molar-refractivity contribution in [1.82, 2.24) is 15.0 Å². The molecule has 0 atom stereocenters. The van der Waals surface area contributed by atoms with Crippen LogP contribution in [0.3, 0.4) is 0 Å². The second kappa shape index (κ2) is 8.20. The molecule has 0 amide bonds. The number of hydrogen-bond donors (Lipinski definition) is 0. The molecule has 2 heterocycles. The maximum Gasteiger partial charge on any atom is 0.632 e. The van der Waals surface area contributed by atoms with Gasteiger partial charge in [-0.2, -0.15) is 0 Å². The van der Waals surface area contributed by atoms with Crippen molar-refractivity contribution in [2.24, 2.45) is 0 Å². The summed E-state index contributed by atoms with van der Waals surface area (Å²) in [5.41, 5.74) is 3.52. The van der Waals surface area contributed by atoms with Gasteiger partial charge in [0.15, 0.2) is 0 Å². The van der Waals surface area contributed by atoms with E-state index in [0.717, 1.165) is 33.9 Å². The summed E-state index contributed by atoms with van der Waals surface area (Å²) in [6.45, 7) is 0. The van der Waals surface area contributed by atoms with Crippen LogP contribution in [0.1, 0.15) is 0 Å². The summed E-state index contributed by atoms with van der Waals surface area (Å²) >= 11 is 0. The second-order valence-corrected chi connectivity index (χ2v) is 7.60. The highest BCUT2D eigenvalue weighted by atomic mass is 16.6. The SMILES string of the molecule is c1ccc(-n2cc(-c3cccc(Oc4cccc(B5Oc6ccccc6O5)c4)c3)nn2)cc1. The van der Waals surface area contributed by atoms with Crippen molar-refractivity contribution >= 4 is 12.6 Å². The zero-order valence-corrected chi connectivity index (χ0v) is 17.5. The molecule has 5 aromatic rings. The quantitative estimate of drug-likeness (QED) is 0.371. The van der Waals surface area contributed by atoms with Gasteiger partial charge < -0.3 is 14.0 Å². The number of para-hydroxylation sites is 3. The largest absolute Gasteiger partial charge is 0.632 e. The maximum atomic E-state index is 6.14. The molecule has 0 radical (unpaired) electrons. The first kappa shape index (κ1) is 19.2. The highest BCUT2D eigenvalue weighted by Crippen LogP contribution is 2.33. The standard InChI is InChI=1S/C26H18BN3O3/c1-2-10-21(11-3-1)30-18-24(28-29-30)19-8-6-12-22(16-19)31-23-13-7-9-20(17-23)27-32-25-14-4-5-15-26(25)33-27/h1-18H. The third-order valence-corrected chi connectivity index (χ3v) is 5.33. The van der Waals surface area contributed by atoms with Gasteiger partial charge in [0.1, 0.15) is 28.7 Å². The molecule has 1 aromatic heterocycles. The number of benzene rings is 4. The van der Waals surface area contributed by atoms with E-state index in [9.17, 15) is 0 Å². The first-order chi connectivity index (χ1) is 16.3. The van der Waals surface area contributed by atoms with Crippen molar-refractivity contribution in [3.05, 3.63) is 109 Å². The van der Waals surface area contributed by atoms with Gasteiger partial charge in [0, 0.05) is 11.0 Å². The molecule has 0 saturated heterocycles. The van der Waals surface area contributed by atoms with Crippen LogP contribution in [-0.4, -0.2) is 22.1 Å². The summed E-state index contributed by atoms with van der Waals surface area (Å²) in [6, 6.07) is 33.0. The predicted octanol–water partition coefficient (Wildman–Crippen LogP) is 4.89. The minimum absolute atomic E-state index is 0.495. The smallest absolute Gasteiger partial charge is 0.519 e. The average molecular weight is 431 g/mol. The summed E-state index contributed by atoms with van der Waals surface area (Å²) in [6.07, 6.45) is 1.90. The van der Waals surface area contributed by atoms with Crippen LogP contribution >= 0.6 is 0 Å². The molecule has 1 aliphatic heterocycles. The van der Waals surface area contributed by atoms with Crippen LogP contribution in [0.5, 0.6) is 23.0 Å². The number of rotatable bonds is 5. The third kappa shape index (κ3) is 3.92. The Hall–Kier alpha value is -4.52. The summed E-state index contributed by atoms with van der Waals surface area (Å²) in [4.78, 5) is 0. The van der Waals surface area contributed by atoms with Gasteiger partial charge in [-0.25, -0.2) is 4.68 Å². The molecule has 33 heavy (non-hydrogen) atoms. The van der Waals surface area contributed by atoms with Crippen molar-refractivity contribution in [2.75, 3.05) is 0 Å². The topological polar surface area (TPSA) is 58.4 Å². The van der Waals surface area contributed by atoms with Gasteiger partial charge in [0.2, 0.25) is 0 Å². The van der Waals surface area contributed by atoms with E-state index in [0.29, 0.717) is 11.5 Å². The molecule has 0 spiro atoms. The number of ether oxygens (including phenoxy) is 1. The lowest BCUT2D eigenvalue weighted by Crippen LogP contribution is -2.38. The van der Waals surface area contributed by atoms with E-state index in [1.165, 1.54) is 0 Å². The predicted molar refractivity (Wildman–Crippen MR) is 126 cm³/mol. The molecule has 0 aliphatic carbocycles. The fraction of sp³-hybridized carbons (Fsp3) is 0. The van der Waals surface area contributed by atoms with Crippen molar-refractivity contribution in [2.45, 2.75) is 0 Å². The Morgan fingerprint density at radius 1 is 0.697 bits per heavy atom. The summed E-state index contributed by atoms with van der Waals surface area (Å²) in [5.74, 6) is 2.88. The normalized spacial score (nSPS) is 12.1. The van der Waals surface area contributed by atoms with Crippen LogP contribution in [0.25, 0.3) is 16.9 Å². The van der Waals surface area contributed by atoms with Gasteiger partial charge in [-0.1, -0.05) is 59.8 Å². The molecule has 6 nitrogen and oxygen atoms in total. The Labute approximate surface area is 191 Å². The first-order valence-corrected chi connectivity index (χ1v) is 10.6. The van der Waals surface area contributed by atoms with Crippen LogP contribution in [0.2, 0.25) is 0 Å². The summed E-state index contributed by atoms with van der Waals surface area (Å²) in [7, 11) is -0.495. The highest BCUT2D eigenvalue weighted by molar-refractivity contribution is 6.63. The molecule has 0 saturated carbocycles. The fourth-order valence-electron chi connectivity index (χ4n) is 3.72. The molecule has 158 valence electrons. The molecular formula is C26H18BN3O3. The van der Waals surface area contributed by atoms with Gasteiger partial charge in [0.05, 0.1) is 11.9 Å². The van der Waals surface area contributed by atoms with E-state index in [1.54, 1.807) is 4.68 Å². The van der Waals surface area contributed by atoms with Crippen LogP contribution in [0, 0.1) is 0 Å². The van der Waals surface area contributed by atoms with E-state index in [2.05, 4.69) is 10.3 Å². The maximum absolute atomic E-state index is 6.14. The van der Waals surface area contributed by atoms with Gasteiger partial charge in [-0.3, -0.25) is 0 Å². The lowest BCUT2D eigenvalue weighted by molar-refractivity contribution is 0.482. The van der Waals surface area contributed by atoms with E-state index >= 15 is 0 Å². The van der Waals surface area contributed by atoms with Crippen molar-refractivity contribution in [3.63, 3.8) is 0 Å². The second-order valence-electron chi connectivity index (χ2n) is 7.60. The minimum atomic E-state index is -0.495. The van der Waals surface area contributed by atoms with Crippen molar-refractivity contribution < 1.29 is 14.0 Å². The number of nitrogens with zero attached hydrogens (tertiary/aromatic N) is 3. The number of hydrogen-bond acceptors (Lipinski definition) is 5. The third-order valence-electron chi connectivity index (χ3n) is 5.33. The molecule has 0 unspecified atom stereocenters. The summed E-state index contributed by atoms with van der Waals surface area (Å²) in [5, 5.41) is 8.57. The Bertz CT molecular complexity index is 1400. The van der Waals surface area contributed by atoms with Crippen LogP contribution in [-0.2, 0) is 0 Å². The Kier molecular flexibility index (Phi) is 4.77. The van der Waals surface area contributed by atoms with Gasteiger partial charge in [-0.15, -0.1) is 5.10 Å². The van der Waals surface area contributed by atoms with Crippen LogP contribution in [0.4, 0.5) is 0 Å². The molecule has 0 N–H and O–H groups in total. The molecule has 7 heteroatoms. The lowest BCUT2D eigenvalue weighted by Gasteiger charge is -2.10. The zero-order chi connectivity index (χ0) is 22.0. The molecule has 6 rings (SSSR count). The van der Waals surface area contributed by atoms with Crippen molar-refractivity contribution in [1.29, 1.82) is 0 Å². The molecular weight excluding hydrogens is 413 g/mol. The highest BCUT2D eigenvalue weighted by Gasteiger charge is 2.34. The minimum Gasteiger partial charge on any atom is -0.519 e. The van der Waals surface area contributed by atoms with Crippen LogP contribution < -0.4 is 19.5 Å². The first-order valence-electron chi connectivity index (χ1n) is 10.6.